The van der Waals surface area contributed by atoms with Crippen LogP contribution >= 0.6 is 11.3 Å². The molecule has 138 valence electrons. The Morgan fingerprint density at radius 3 is 2.50 bits per heavy atom. The molecule has 0 aliphatic heterocycles. The largest absolute Gasteiger partial charge is 0.453 e. The van der Waals surface area contributed by atoms with Gasteiger partial charge in [-0.1, -0.05) is 18.2 Å². The SMILES string of the molecule is COC(=O)Nc1ccc(CNC(=O)CC(NC(N)=O)c2cccs2)cc1. The van der Waals surface area contributed by atoms with Gasteiger partial charge in [-0.3, -0.25) is 10.1 Å². The number of hydrogen-bond donors (Lipinski definition) is 4. The third-order valence-corrected chi connectivity index (χ3v) is 4.45. The van der Waals surface area contributed by atoms with E-state index in [9.17, 15) is 14.4 Å². The van der Waals surface area contributed by atoms with E-state index in [-0.39, 0.29) is 12.3 Å². The molecule has 1 heterocycles. The van der Waals surface area contributed by atoms with Crippen molar-refractivity contribution in [1.82, 2.24) is 10.6 Å². The fourth-order valence-corrected chi connectivity index (χ4v) is 2.99. The van der Waals surface area contributed by atoms with E-state index < -0.39 is 18.2 Å². The molecule has 0 bridgehead atoms. The van der Waals surface area contributed by atoms with Crippen LogP contribution in [0.25, 0.3) is 0 Å². The highest BCUT2D eigenvalue weighted by Gasteiger charge is 2.18. The van der Waals surface area contributed by atoms with Crippen molar-refractivity contribution in [3.05, 3.63) is 52.2 Å². The van der Waals surface area contributed by atoms with Crippen molar-refractivity contribution in [2.75, 3.05) is 12.4 Å². The standard InChI is InChI=1S/C17H20N4O4S/c1-25-17(24)20-12-6-4-11(5-7-12)10-19-15(22)9-13(21-16(18)23)14-3-2-8-26-14/h2-8,13H,9-10H2,1H3,(H,19,22)(H,20,24)(H3,18,21,23). The number of carbonyl (C=O) groups is 3. The number of primary amides is 1. The van der Waals surface area contributed by atoms with Gasteiger partial charge in [-0.25, -0.2) is 9.59 Å². The normalized spacial score (nSPS) is 11.3. The van der Waals surface area contributed by atoms with Gasteiger partial charge in [0.2, 0.25) is 5.91 Å². The summed E-state index contributed by atoms with van der Waals surface area (Å²) in [5.41, 5.74) is 6.64. The van der Waals surface area contributed by atoms with Crippen LogP contribution in [0.2, 0.25) is 0 Å². The molecule has 0 fully saturated rings. The summed E-state index contributed by atoms with van der Waals surface area (Å²) >= 11 is 1.44. The summed E-state index contributed by atoms with van der Waals surface area (Å²) in [5.74, 6) is -0.214. The Bertz CT molecular complexity index is 747. The van der Waals surface area contributed by atoms with Gasteiger partial charge in [0.1, 0.15) is 0 Å². The Morgan fingerprint density at radius 2 is 1.92 bits per heavy atom. The molecule has 0 saturated carbocycles. The fraction of sp³-hybridized carbons (Fsp3) is 0.235. The molecule has 5 N–H and O–H groups in total. The van der Waals surface area contributed by atoms with Gasteiger partial charge in [0.15, 0.2) is 0 Å². The molecular weight excluding hydrogens is 356 g/mol. The lowest BCUT2D eigenvalue weighted by atomic mass is 10.1. The highest BCUT2D eigenvalue weighted by molar-refractivity contribution is 7.10. The number of ether oxygens (including phenoxy) is 1. The summed E-state index contributed by atoms with van der Waals surface area (Å²) in [7, 11) is 1.29. The second-order valence-corrected chi connectivity index (χ2v) is 6.35. The van der Waals surface area contributed by atoms with Gasteiger partial charge >= 0.3 is 12.1 Å². The molecule has 0 spiro atoms. The number of anilines is 1. The van der Waals surface area contributed by atoms with Gasteiger partial charge in [0.25, 0.3) is 0 Å². The first-order chi connectivity index (χ1) is 12.5. The summed E-state index contributed by atoms with van der Waals surface area (Å²) in [4.78, 5) is 35.3. The molecule has 9 heteroatoms. The molecule has 0 radical (unpaired) electrons. The number of benzene rings is 1. The van der Waals surface area contributed by atoms with Gasteiger partial charge in [-0.15, -0.1) is 11.3 Å². The van der Waals surface area contributed by atoms with E-state index >= 15 is 0 Å². The van der Waals surface area contributed by atoms with Gasteiger partial charge in [-0.05, 0) is 29.1 Å². The predicted molar refractivity (Wildman–Crippen MR) is 98.7 cm³/mol. The first-order valence-corrected chi connectivity index (χ1v) is 8.66. The zero-order valence-electron chi connectivity index (χ0n) is 14.2. The summed E-state index contributed by atoms with van der Waals surface area (Å²) in [6, 6.07) is 9.53. The van der Waals surface area contributed by atoms with Crippen LogP contribution in [0.4, 0.5) is 15.3 Å². The minimum atomic E-state index is -0.676. The van der Waals surface area contributed by atoms with Crippen molar-refractivity contribution in [1.29, 1.82) is 0 Å². The van der Waals surface area contributed by atoms with Crippen molar-refractivity contribution in [3.8, 4) is 0 Å². The first-order valence-electron chi connectivity index (χ1n) is 7.78. The number of amides is 4. The molecular formula is C17H20N4O4S. The Kier molecular flexibility index (Phi) is 6.98. The maximum absolute atomic E-state index is 12.2. The quantitative estimate of drug-likeness (QED) is 0.592. The lowest BCUT2D eigenvalue weighted by Gasteiger charge is -2.16. The van der Waals surface area contributed by atoms with Crippen molar-refractivity contribution < 1.29 is 19.1 Å². The van der Waals surface area contributed by atoms with Crippen LogP contribution in [0.3, 0.4) is 0 Å². The van der Waals surface area contributed by atoms with Crippen molar-refractivity contribution in [3.63, 3.8) is 0 Å². The zero-order valence-corrected chi connectivity index (χ0v) is 15.0. The molecule has 2 aromatic rings. The van der Waals surface area contributed by atoms with Crippen LogP contribution in [0, 0.1) is 0 Å². The molecule has 0 aliphatic carbocycles. The average molecular weight is 376 g/mol. The van der Waals surface area contributed by atoms with E-state index in [0.29, 0.717) is 12.2 Å². The smallest absolute Gasteiger partial charge is 0.411 e. The second-order valence-electron chi connectivity index (χ2n) is 5.37. The minimum absolute atomic E-state index is 0.0887. The maximum atomic E-state index is 12.2. The van der Waals surface area contributed by atoms with Gasteiger partial charge in [0.05, 0.1) is 19.6 Å². The number of nitrogens with two attached hydrogens (primary N) is 1. The number of nitrogens with one attached hydrogen (secondary N) is 3. The third-order valence-electron chi connectivity index (χ3n) is 3.47. The Hall–Kier alpha value is -3.07. The lowest BCUT2D eigenvalue weighted by molar-refractivity contribution is -0.121. The average Bonchev–Trinajstić information content (AvgIpc) is 3.14. The Morgan fingerprint density at radius 1 is 1.19 bits per heavy atom. The highest BCUT2D eigenvalue weighted by atomic mass is 32.1. The number of hydrogen-bond acceptors (Lipinski definition) is 5. The molecule has 0 saturated heterocycles. The molecule has 1 unspecified atom stereocenters. The second kappa shape index (κ2) is 9.42. The van der Waals surface area contributed by atoms with Gasteiger partial charge in [-0.2, -0.15) is 0 Å². The van der Waals surface area contributed by atoms with Crippen LogP contribution in [-0.4, -0.2) is 25.1 Å². The Balaban J connectivity index is 1.87. The van der Waals surface area contributed by atoms with Crippen LogP contribution in [0.15, 0.2) is 41.8 Å². The monoisotopic (exact) mass is 376 g/mol. The predicted octanol–water partition coefficient (Wildman–Crippen LogP) is 2.34. The molecule has 8 nitrogen and oxygen atoms in total. The highest BCUT2D eigenvalue weighted by Crippen LogP contribution is 2.22. The van der Waals surface area contributed by atoms with Crippen LogP contribution in [-0.2, 0) is 16.1 Å². The summed E-state index contributed by atoms with van der Waals surface area (Å²) in [6.45, 7) is 0.324. The lowest BCUT2D eigenvalue weighted by Crippen LogP contribution is -2.36. The molecule has 26 heavy (non-hydrogen) atoms. The summed E-state index contributed by atoms with van der Waals surface area (Å²) < 4.78 is 4.51. The van der Waals surface area contributed by atoms with Crippen molar-refractivity contribution in [2.45, 2.75) is 19.0 Å². The molecule has 1 aromatic heterocycles. The molecule has 4 amide bonds. The van der Waals surface area contributed by atoms with Crippen molar-refractivity contribution >= 4 is 35.1 Å². The fourth-order valence-electron chi connectivity index (χ4n) is 2.22. The maximum Gasteiger partial charge on any atom is 0.411 e. The van der Waals surface area contributed by atoms with E-state index in [0.717, 1.165) is 10.4 Å². The first kappa shape index (κ1) is 19.3. The van der Waals surface area contributed by atoms with Crippen LogP contribution < -0.4 is 21.7 Å². The third kappa shape index (κ3) is 6.10. The van der Waals surface area contributed by atoms with E-state index in [1.54, 1.807) is 24.3 Å². The minimum Gasteiger partial charge on any atom is -0.453 e. The zero-order chi connectivity index (χ0) is 18.9. The van der Waals surface area contributed by atoms with Crippen LogP contribution in [0.5, 0.6) is 0 Å². The summed E-state index contributed by atoms with van der Waals surface area (Å²) in [5, 5.41) is 9.79. The number of rotatable bonds is 7. The summed E-state index contributed by atoms with van der Waals surface area (Å²) in [6.07, 6.45) is -0.460. The Labute approximate surface area is 154 Å². The molecule has 1 atom stereocenters. The van der Waals surface area contributed by atoms with E-state index in [1.165, 1.54) is 18.4 Å². The number of urea groups is 1. The topological polar surface area (TPSA) is 123 Å². The van der Waals surface area contributed by atoms with Gasteiger partial charge < -0.3 is 21.1 Å². The molecule has 0 aliphatic rings. The van der Waals surface area contributed by atoms with E-state index in [4.69, 9.17) is 5.73 Å². The van der Waals surface area contributed by atoms with E-state index in [2.05, 4.69) is 20.7 Å². The molecule has 2 rings (SSSR count). The van der Waals surface area contributed by atoms with Gasteiger partial charge in [0, 0.05) is 17.1 Å². The van der Waals surface area contributed by atoms with Crippen LogP contribution in [0.1, 0.15) is 22.9 Å². The molecule has 1 aromatic carbocycles. The van der Waals surface area contributed by atoms with Crippen molar-refractivity contribution in [2.24, 2.45) is 5.73 Å². The number of carbonyl (C=O) groups excluding carboxylic acids is 3. The number of thiophene rings is 1. The van der Waals surface area contributed by atoms with E-state index in [1.807, 2.05) is 17.5 Å². The number of methoxy groups -OCH3 is 1.